The van der Waals surface area contributed by atoms with Crippen molar-refractivity contribution < 1.29 is 9.47 Å². The standard InChI is InChI=1S/C17H20N4O2S/c1-17(2)10-12(8-9-23-17)15-20-21-14(18-19-16(21)24-15)11-4-6-13(22-3)7-5-11/h4-7,12H,8-10H2,1-3H3. The van der Waals surface area contributed by atoms with E-state index < -0.39 is 0 Å². The number of ether oxygens (including phenoxy) is 2. The van der Waals surface area contributed by atoms with E-state index in [4.69, 9.17) is 14.6 Å². The van der Waals surface area contributed by atoms with Gasteiger partial charge in [-0.1, -0.05) is 11.3 Å². The highest BCUT2D eigenvalue weighted by atomic mass is 32.1. The molecule has 24 heavy (non-hydrogen) atoms. The average Bonchev–Trinajstić information content (AvgIpc) is 3.14. The van der Waals surface area contributed by atoms with Gasteiger partial charge in [-0.3, -0.25) is 0 Å². The summed E-state index contributed by atoms with van der Waals surface area (Å²) in [5, 5.41) is 14.5. The van der Waals surface area contributed by atoms with Crippen LogP contribution in [0.1, 0.15) is 37.6 Å². The third-order valence-electron chi connectivity index (χ3n) is 4.40. The van der Waals surface area contributed by atoms with Crippen molar-refractivity contribution in [2.24, 2.45) is 0 Å². The Morgan fingerprint density at radius 2 is 2.04 bits per heavy atom. The molecule has 2 aromatic heterocycles. The van der Waals surface area contributed by atoms with E-state index in [2.05, 4.69) is 24.0 Å². The van der Waals surface area contributed by atoms with E-state index in [0.29, 0.717) is 5.92 Å². The van der Waals surface area contributed by atoms with Crippen LogP contribution in [-0.4, -0.2) is 39.1 Å². The number of fused-ring (bicyclic) bond motifs is 1. The second-order valence-electron chi connectivity index (χ2n) is 6.68. The number of rotatable bonds is 3. The lowest BCUT2D eigenvalue weighted by molar-refractivity contribution is -0.0593. The van der Waals surface area contributed by atoms with E-state index in [-0.39, 0.29) is 5.60 Å². The smallest absolute Gasteiger partial charge is 0.234 e. The van der Waals surface area contributed by atoms with Gasteiger partial charge in [0.15, 0.2) is 5.82 Å². The molecule has 6 nitrogen and oxygen atoms in total. The van der Waals surface area contributed by atoms with Crippen LogP contribution in [0.4, 0.5) is 0 Å². The van der Waals surface area contributed by atoms with Gasteiger partial charge in [0.2, 0.25) is 4.96 Å². The lowest BCUT2D eigenvalue weighted by atomic mass is 9.89. The Morgan fingerprint density at radius 1 is 1.25 bits per heavy atom. The van der Waals surface area contributed by atoms with Crippen molar-refractivity contribution in [2.45, 2.75) is 38.2 Å². The SMILES string of the molecule is COc1ccc(-c2nnc3sc(C4CCOC(C)(C)C4)nn23)cc1. The molecule has 0 saturated carbocycles. The molecule has 0 bridgehead atoms. The molecule has 3 heterocycles. The van der Waals surface area contributed by atoms with Gasteiger partial charge in [-0.05, 0) is 51.0 Å². The quantitative estimate of drug-likeness (QED) is 0.727. The third-order valence-corrected chi connectivity index (χ3v) is 5.46. The fourth-order valence-corrected chi connectivity index (χ4v) is 4.13. The predicted molar refractivity (Wildman–Crippen MR) is 92.7 cm³/mol. The van der Waals surface area contributed by atoms with Crippen LogP contribution in [0.2, 0.25) is 0 Å². The Balaban J connectivity index is 1.68. The lowest BCUT2D eigenvalue weighted by Crippen LogP contribution is -2.33. The molecule has 3 aromatic rings. The maximum atomic E-state index is 5.82. The zero-order valence-corrected chi connectivity index (χ0v) is 14.8. The Kier molecular flexibility index (Phi) is 3.77. The Hall–Kier alpha value is -1.99. The first-order valence-electron chi connectivity index (χ1n) is 8.06. The minimum atomic E-state index is -0.0895. The second kappa shape index (κ2) is 5.82. The highest BCUT2D eigenvalue weighted by molar-refractivity contribution is 7.16. The minimum Gasteiger partial charge on any atom is -0.497 e. The van der Waals surface area contributed by atoms with Gasteiger partial charge in [-0.2, -0.15) is 9.61 Å². The van der Waals surface area contributed by atoms with E-state index in [0.717, 1.165) is 46.6 Å². The third kappa shape index (κ3) is 2.78. The number of hydrogen-bond donors (Lipinski definition) is 0. The summed E-state index contributed by atoms with van der Waals surface area (Å²) in [6, 6.07) is 7.80. The zero-order chi connectivity index (χ0) is 16.7. The molecule has 0 aliphatic carbocycles. The highest BCUT2D eigenvalue weighted by Gasteiger charge is 2.32. The van der Waals surface area contributed by atoms with Crippen LogP contribution >= 0.6 is 11.3 Å². The summed E-state index contributed by atoms with van der Waals surface area (Å²) < 4.78 is 12.9. The molecule has 1 unspecified atom stereocenters. The summed E-state index contributed by atoms with van der Waals surface area (Å²) in [5.41, 5.74) is 0.890. The van der Waals surface area contributed by atoms with Crippen molar-refractivity contribution >= 4 is 16.3 Å². The fraction of sp³-hybridized carbons (Fsp3) is 0.471. The number of hydrogen-bond acceptors (Lipinski definition) is 6. The van der Waals surface area contributed by atoms with E-state index >= 15 is 0 Å². The summed E-state index contributed by atoms with van der Waals surface area (Å²) in [6.45, 7) is 5.06. The fourth-order valence-electron chi connectivity index (χ4n) is 3.16. The van der Waals surface area contributed by atoms with Crippen LogP contribution in [0.15, 0.2) is 24.3 Å². The summed E-state index contributed by atoms with van der Waals surface area (Å²) in [5.74, 6) is 2.01. The summed E-state index contributed by atoms with van der Waals surface area (Å²) >= 11 is 1.63. The van der Waals surface area contributed by atoms with Crippen molar-refractivity contribution in [2.75, 3.05) is 13.7 Å². The van der Waals surface area contributed by atoms with Crippen LogP contribution in [0.25, 0.3) is 16.3 Å². The van der Waals surface area contributed by atoms with Crippen molar-refractivity contribution in [3.05, 3.63) is 29.3 Å². The molecular weight excluding hydrogens is 324 g/mol. The number of methoxy groups -OCH3 is 1. The number of benzene rings is 1. The number of nitrogens with zero attached hydrogens (tertiary/aromatic N) is 4. The first kappa shape index (κ1) is 15.5. The molecule has 0 radical (unpaired) electrons. The van der Waals surface area contributed by atoms with Gasteiger partial charge in [0, 0.05) is 18.1 Å². The van der Waals surface area contributed by atoms with Crippen molar-refractivity contribution in [3.8, 4) is 17.1 Å². The second-order valence-corrected chi connectivity index (χ2v) is 7.67. The van der Waals surface area contributed by atoms with Gasteiger partial charge in [0.05, 0.1) is 12.7 Å². The van der Waals surface area contributed by atoms with Crippen LogP contribution in [0.3, 0.4) is 0 Å². The molecule has 1 atom stereocenters. The minimum absolute atomic E-state index is 0.0895. The number of aromatic nitrogens is 4. The monoisotopic (exact) mass is 344 g/mol. The maximum Gasteiger partial charge on any atom is 0.234 e. The van der Waals surface area contributed by atoms with E-state index in [1.165, 1.54) is 0 Å². The first-order chi connectivity index (χ1) is 11.6. The lowest BCUT2D eigenvalue weighted by Gasteiger charge is -2.34. The Bertz CT molecular complexity index is 853. The Morgan fingerprint density at radius 3 is 2.75 bits per heavy atom. The molecule has 1 saturated heterocycles. The molecule has 1 aliphatic rings. The highest BCUT2D eigenvalue weighted by Crippen LogP contribution is 2.37. The largest absolute Gasteiger partial charge is 0.497 e. The summed E-state index contributed by atoms with van der Waals surface area (Å²) in [7, 11) is 1.66. The van der Waals surface area contributed by atoms with Crippen LogP contribution in [-0.2, 0) is 4.74 Å². The van der Waals surface area contributed by atoms with Crippen molar-refractivity contribution in [1.82, 2.24) is 19.8 Å². The molecular formula is C17H20N4O2S. The van der Waals surface area contributed by atoms with Gasteiger partial charge < -0.3 is 9.47 Å². The molecule has 1 fully saturated rings. The molecule has 0 amide bonds. The molecule has 7 heteroatoms. The van der Waals surface area contributed by atoms with Crippen LogP contribution in [0.5, 0.6) is 5.75 Å². The maximum absolute atomic E-state index is 5.82. The topological polar surface area (TPSA) is 61.5 Å². The van der Waals surface area contributed by atoms with E-state index in [9.17, 15) is 0 Å². The molecule has 1 aromatic carbocycles. The molecule has 0 spiro atoms. The van der Waals surface area contributed by atoms with E-state index in [1.807, 2.05) is 28.8 Å². The molecule has 0 N–H and O–H groups in total. The normalized spacial score (nSPS) is 20.4. The van der Waals surface area contributed by atoms with Crippen LogP contribution in [0, 0.1) is 0 Å². The van der Waals surface area contributed by atoms with E-state index in [1.54, 1.807) is 18.4 Å². The van der Waals surface area contributed by atoms with Gasteiger partial charge >= 0.3 is 0 Å². The summed E-state index contributed by atoms with van der Waals surface area (Å²) in [4.78, 5) is 0.833. The zero-order valence-electron chi connectivity index (χ0n) is 14.0. The Labute approximate surface area is 144 Å². The van der Waals surface area contributed by atoms with Gasteiger partial charge in [0.1, 0.15) is 10.8 Å². The molecule has 4 rings (SSSR count). The van der Waals surface area contributed by atoms with Crippen LogP contribution < -0.4 is 4.74 Å². The van der Waals surface area contributed by atoms with Gasteiger partial charge in [-0.25, -0.2) is 0 Å². The van der Waals surface area contributed by atoms with Gasteiger partial charge in [0.25, 0.3) is 0 Å². The summed E-state index contributed by atoms with van der Waals surface area (Å²) in [6.07, 6.45) is 1.99. The predicted octanol–water partition coefficient (Wildman–Crippen LogP) is 3.53. The first-order valence-corrected chi connectivity index (χ1v) is 8.88. The molecule has 126 valence electrons. The molecule has 1 aliphatic heterocycles. The van der Waals surface area contributed by atoms with Crippen molar-refractivity contribution in [3.63, 3.8) is 0 Å². The van der Waals surface area contributed by atoms with Crippen molar-refractivity contribution in [1.29, 1.82) is 0 Å². The van der Waals surface area contributed by atoms with Gasteiger partial charge in [-0.15, -0.1) is 10.2 Å². The average molecular weight is 344 g/mol.